The van der Waals surface area contributed by atoms with Gasteiger partial charge in [-0.2, -0.15) is 0 Å². The summed E-state index contributed by atoms with van der Waals surface area (Å²) in [4.78, 5) is 12.4. The van der Waals surface area contributed by atoms with Crippen molar-refractivity contribution in [3.8, 4) is 0 Å². The summed E-state index contributed by atoms with van der Waals surface area (Å²) >= 11 is 0. The van der Waals surface area contributed by atoms with Gasteiger partial charge in [0.25, 0.3) is 0 Å². The van der Waals surface area contributed by atoms with Crippen molar-refractivity contribution in [3.63, 3.8) is 0 Å². The monoisotopic (exact) mass is 253 g/mol. The topological polar surface area (TPSA) is 29.1 Å². The highest BCUT2D eigenvalue weighted by atomic mass is 16.1. The lowest BCUT2D eigenvalue weighted by atomic mass is 9.87. The Kier molecular flexibility index (Phi) is 4.35. The number of hydrogen-bond acceptors (Lipinski definition) is 1. The number of rotatable bonds is 4. The Bertz CT molecular complexity index is 519. The molecule has 2 aromatic carbocycles. The van der Waals surface area contributed by atoms with Crippen molar-refractivity contribution in [3.05, 3.63) is 66.2 Å². The fourth-order valence-electron chi connectivity index (χ4n) is 2.24. The van der Waals surface area contributed by atoms with Gasteiger partial charge in [-0.15, -0.1) is 0 Å². The Morgan fingerprint density at radius 2 is 1.42 bits per heavy atom. The van der Waals surface area contributed by atoms with Crippen molar-refractivity contribution < 1.29 is 4.79 Å². The average Bonchev–Trinajstić information content (AvgIpc) is 2.40. The van der Waals surface area contributed by atoms with Gasteiger partial charge < -0.3 is 5.32 Å². The first kappa shape index (κ1) is 13.3. The molecule has 0 bridgehead atoms. The van der Waals surface area contributed by atoms with Gasteiger partial charge in [0.15, 0.2) is 0 Å². The molecule has 0 aliphatic rings. The van der Waals surface area contributed by atoms with Crippen LogP contribution in [0.1, 0.15) is 25.3 Å². The van der Waals surface area contributed by atoms with E-state index in [1.807, 2.05) is 60.7 Å². The van der Waals surface area contributed by atoms with Gasteiger partial charge in [0.2, 0.25) is 5.91 Å². The molecule has 1 atom stereocenters. The largest absolute Gasteiger partial charge is 0.326 e. The van der Waals surface area contributed by atoms with E-state index in [1.54, 1.807) is 0 Å². The molecule has 0 aromatic heterocycles. The van der Waals surface area contributed by atoms with Gasteiger partial charge in [0.05, 0.1) is 5.92 Å². The minimum Gasteiger partial charge on any atom is -0.326 e. The van der Waals surface area contributed by atoms with E-state index in [4.69, 9.17) is 0 Å². The molecule has 0 aliphatic carbocycles. The highest BCUT2D eigenvalue weighted by molar-refractivity contribution is 5.96. The Morgan fingerprint density at radius 3 is 1.95 bits per heavy atom. The molecule has 0 unspecified atom stereocenters. The molecule has 0 saturated carbocycles. The molecule has 2 aromatic rings. The molecular formula is C17H19NO. The Hall–Kier alpha value is -2.09. The molecule has 2 nitrogen and oxygen atoms in total. The number of amides is 1. The fourth-order valence-corrected chi connectivity index (χ4v) is 2.24. The Labute approximate surface area is 114 Å². The van der Waals surface area contributed by atoms with Crippen LogP contribution in [-0.4, -0.2) is 5.91 Å². The van der Waals surface area contributed by atoms with Gasteiger partial charge >= 0.3 is 0 Å². The van der Waals surface area contributed by atoms with Crippen LogP contribution in [0.4, 0.5) is 5.69 Å². The molecular weight excluding hydrogens is 234 g/mol. The highest BCUT2D eigenvalue weighted by Gasteiger charge is 2.23. The molecule has 0 fully saturated rings. The molecule has 1 N–H and O–H groups in total. The first-order chi connectivity index (χ1) is 9.18. The van der Waals surface area contributed by atoms with E-state index in [1.165, 1.54) is 0 Å². The van der Waals surface area contributed by atoms with Crippen LogP contribution in [0.2, 0.25) is 0 Å². The molecule has 19 heavy (non-hydrogen) atoms. The molecule has 0 spiro atoms. The number of carbonyl (C=O) groups excluding carboxylic acids is 1. The lowest BCUT2D eigenvalue weighted by Gasteiger charge is -2.20. The molecule has 0 radical (unpaired) electrons. The smallest absolute Gasteiger partial charge is 0.232 e. The minimum atomic E-state index is -0.124. The molecule has 0 heterocycles. The maximum Gasteiger partial charge on any atom is 0.232 e. The van der Waals surface area contributed by atoms with Crippen LogP contribution in [-0.2, 0) is 4.79 Å². The average molecular weight is 253 g/mol. The second kappa shape index (κ2) is 6.19. The van der Waals surface area contributed by atoms with E-state index in [9.17, 15) is 4.79 Å². The van der Waals surface area contributed by atoms with Gasteiger partial charge in [-0.3, -0.25) is 4.79 Å². The van der Waals surface area contributed by atoms with E-state index in [0.29, 0.717) is 0 Å². The van der Waals surface area contributed by atoms with Crippen molar-refractivity contribution >= 4 is 11.6 Å². The van der Waals surface area contributed by atoms with Crippen molar-refractivity contribution in [2.24, 2.45) is 5.92 Å². The van der Waals surface area contributed by atoms with E-state index < -0.39 is 0 Å². The van der Waals surface area contributed by atoms with Crippen LogP contribution in [0.5, 0.6) is 0 Å². The third-order valence-electron chi connectivity index (χ3n) is 3.15. The zero-order chi connectivity index (χ0) is 13.7. The van der Waals surface area contributed by atoms with E-state index >= 15 is 0 Å². The van der Waals surface area contributed by atoms with Gasteiger partial charge in [0, 0.05) is 5.69 Å². The van der Waals surface area contributed by atoms with E-state index in [0.717, 1.165) is 11.3 Å². The van der Waals surface area contributed by atoms with Gasteiger partial charge in [0.1, 0.15) is 0 Å². The third-order valence-corrected chi connectivity index (χ3v) is 3.15. The normalized spacial score (nSPS) is 12.2. The van der Waals surface area contributed by atoms with Crippen molar-refractivity contribution in [2.75, 3.05) is 5.32 Å². The number of hydrogen-bond donors (Lipinski definition) is 1. The van der Waals surface area contributed by atoms with Crippen LogP contribution >= 0.6 is 0 Å². The van der Waals surface area contributed by atoms with Crippen LogP contribution in [0.15, 0.2) is 60.7 Å². The van der Waals surface area contributed by atoms with Crippen LogP contribution in [0.25, 0.3) is 0 Å². The quantitative estimate of drug-likeness (QED) is 0.874. The number of benzene rings is 2. The number of para-hydroxylation sites is 1. The number of nitrogens with one attached hydrogen (secondary N) is 1. The maximum absolute atomic E-state index is 12.4. The molecule has 2 rings (SSSR count). The van der Waals surface area contributed by atoms with Crippen LogP contribution in [0.3, 0.4) is 0 Å². The second-order valence-corrected chi connectivity index (χ2v) is 4.99. The fraction of sp³-hybridized carbons (Fsp3) is 0.235. The first-order valence-corrected chi connectivity index (χ1v) is 6.59. The summed E-state index contributed by atoms with van der Waals surface area (Å²) in [7, 11) is 0. The zero-order valence-corrected chi connectivity index (χ0v) is 11.3. The standard InChI is InChI=1S/C17H19NO/c1-13(2)16(14-9-5-3-6-10-14)17(19)18-15-11-7-4-8-12-15/h3-13,16H,1-2H3,(H,18,19)/t16-/m0/s1. The summed E-state index contributed by atoms with van der Waals surface area (Å²) in [6.45, 7) is 4.14. The van der Waals surface area contributed by atoms with Crippen molar-refractivity contribution in [2.45, 2.75) is 19.8 Å². The summed E-state index contributed by atoms with van der Waals surface area (Å²) in [6.07, 6.45) is 0. The molecule has 1 amide bonds. The van der Waals surface area contributed by atoms with E-state index in [2.05, 4.69) is 19.2 Å². The van der Waals surface area contributed by atoms with Gasteiger partial charge in [-0.1, -0.05) is 62.4 Å². The molecule has 2 heteroatoms. The summed E-state index contributed by atoms with van der Waals surface area (Å²) in [6, 6.07) is 19.5. The molecule has 0 saturated heterocycles. The van der Waals surface area contributed by atoms with Crippen molar-refractivity contribution in [1.29, 1.82) is 0 Å². The van der Waals surface area contributed by atoms with Crippen molar-refractivity contribution in [1.82, 2.24) is 0 Å². The predicted octanol–water partition coefficient (Wildman–Crippen LogP) is 4.06. The zero-order valence-electron chi connectivity index (χ0n) is 11.3. The molecule has 98 valence electrons. The first-order valence-electron chi connectivity index (χ1n) is 6.59. The lowest BCUT2D eigenvalue weighted by Crippen LogP contribution is -2.25. The summed E-state index contributed by atoms with van der Waals surface area (Å²) in [5, 5.41) is 2.98. The third kappa shape index (κ3) is 3.44. The van der Waals surface area contributed by atoms with E-state index in [-0.39, 0.29) is 17.7 Å². The maximum atomic E-state index is 12.4. The van der Waals surface area contributed by atoms with Gasteiger partial charge in [-0.25, -0.2) is 0 Å². The Balaban J connectivity index is 2.19. The summed E-state index contributed by atoms with van der Waals surface area (Å²) < 4.78 is 0. The lowest BCUT2D eigenvalue weighted by molar-refractivity contribution is -0.118. The molecule has 0 aliphatic heterocycles. The summed E-state index contributed by atoms with van der Waals surface area (Å²) in [5.74, 6) is 0.180. The van der Waals surface area contributed by atoms with Crippen LogP contribution in [0, 0.1) is 5.92 Å². The minimum absolute atomic E-state index is 0.0485. The van der Waals surface area contributed by atoms with Gasteiger partial charge in [-0.05, 0) is 23.6 Å². The highest BCUT2D eigenvalue weighted by Crippen LogP contribution is 2.25. The SMILES string of the molecule is CC(C)[C@H](C(=O)Nc1ccccc1)c1ccccc1. The van der Waals surface area contributed by atoms with Crippen LogP contribution < -0.4 is 5.32 Å². The number of anilines is 1. The second-order valence-electron chi connectivity index (χ2n) is 4.99. The predicted molar refractivity (Wildman–Crippen MR) is 79.1 cm³/mol. The number of carbonyl (C=O) groups is 1. The summed E-state index contributed by atoms with van der Waals surface area (Å²) in [5.41, 5.74) is 1.90. The Morgan fingerprint density at radius 1 is 0.895 bits per heavy atom.